The smallest absolute Gasteiger partial charge is 0.292 e. The van der Waals surface area contributed by atoms with Gasteiger partial charge in [-0.3, -0.25) is 14.9 Å². The molecule has 0 saturated heterocycles. The molecule has 9 nitrogen and oxygen atoms in total. The molecule has 0 radical (unpaired) electrons. The first-order valence-electron chi connectivity index (χ1n) is 8.54. The fourth-order valence-electron chi connectivity index (χ4n) is 3.08. The van der Waals surface area contributed by atoms with Crippen LogP contribution in [-0.2, 0) is 21.2 Å². The highest BCUT2D eigenvalue weighted by atomic mass is 32.2. The predicted molar refractivity (Wildman–Crippen MR) is 105 cm³/mol. The van der Waals surface area contributed by atoms with Gasteiger partial charge < -0.3 is 10.2 Å². The van der Waals surface area contributed by atoms with Crippen molar-refractivity contribution in [2.24, 2.45) is 0 Å². The summed E-state index contributed by atoms with van der Waals surface area (Å²) in [5.74, 6) is -0.382. The molecule has 1 amide bonds. The van der Waals surface area contributed by atoms with E-state index in [1.54, 1.807) is 18.2 Å². The van der Waals surface area contributed by atoms with Crippen molar-refractivity contribution in [1.82, 2.24) is 4.31 Å². The molecule has 0 saturated carbocycles. The van der Waals surface area contributed by atoms with Crippen LogP contribution < -0.4 is 10.2 Å². The Morgan fingerprint density at radius 2 is 1.96 bits per heavy atom. The van der Waals surface area contributed by atoms with Crippen molar-refractivity contribution in [3.8, 4) is 0 Å². The molecule has 0 atom stereocenters. The number of anilines is 2. The van der Waals surface area contributed by atoms with Crippen molar-refractivity contribution in [2.45, 2.75) is 11.3 Å². The van der Waals surface area contributed by atoms with Crippen molar-refractivity contribution >= 4 is 33.0 Å². The van der Waals surface area contributed by atoms with Crippen molar-refractivity contribution in [1.29, 1.82) is 0 Å². The van der Waals surface area contributed by atoms with Gasteiger partial charge in [0.05, 0.1) is 16.4 Å². The minimum Gasteiger partial charge on any atom is -0.362 e. The summed E-state index contributed by atoms with van der Waals surface area (Å²) in [6, 6.07) is 10.8. The number of nitro groups is 1. The molecule has 2 aromatic rings. The van der Waals surface area contributed by atoms with Gasteiger partial charge >= 0.3 is 0 Å². The Labute approximate surface area is 162 Å². The average Bonchev–Trinajstić information content (AvgIpc) is 3.03. The van der Waals surface area contributed by atoms with Crippen LogP contribution in [0.1, 0.15) is 5.56 Å². The second kappa shape index (κ2) is 7.56. The Kier molecular flexibility index (Phi) is 5.34. The lowest BCUT2D eigenvalue weighted by atomic mass is 10.2. The van der Waals surface area contributed by atoms with Crippen LogP contribution in [0.25, 0.3) is 0 Å². The van der Waals surface area contributed by atoms with E-state index in [0.717, 1.165) is 15.6 Å². The average molecular weight is 404 g/mol. The van der Waals surface area contributed by atoms with E-state index in [4.69, 9.17) is 0 Å². The number of rotatable bonds is 6. The summed E-state index contributed by atoms with van der Waals surface area (Å²) >= 11 is 0. The molecule has 2 aromatic carbocycles. The number of hydrogen-bond donors (Lipinski definition) is 1. The first-order valence-corrected chi connectivity index (χ1v) is 9.98. The number of sulfonamides is 1. The molecule has 0 aromatic heterocycles. The molecular weight excluding hydrogens is 384 g/mol. The van der Waals surface area contributed by atoms with Crippen LogP contribution in [0.2, 0.25) is 0 Å². The van der Waals surface area contributed by atoms with E-state index in [-0.39, 0.29) is 28.7 Å². The molecule has 0 aliphatic carbocycles. The minimum atomic E-state index is -3.52. The quantitative estimate of drug-likeness (QED) is 0.581. The van der Waals surface area contributed by atoms with Crippen LogP contribution in [0.5, 0.6) is 0 Å². The molecule has 1 heterocycles. The molecule has 3 rings (SSSR count). The van der Waals surface area contributed by atoms with Crippen LogP contribution in [0, 0.1) is 10.1 Å². The third kappa shape index (κ3) is 3.82. The Balaban J connectivity index is 1.75. The number of amides is 1. The lowest BCUT2D eigenvalue weighted by Gasteiger charge is -2.19. The summed E-state index contributed by atoms with van der Waals surface area (Å²) in [5.41, 5.74) is 1.61. The summed E-state index contributed by atoms with van der Waals surface area (Å²) in [6.07, 6.45) is 0.616. The fourth-order valence-corrected chi connectivity index (χ4v) is 4.04. The maximum atomic E-state index is 12.4. The van der Waals surface area contributed by atoms with Gasteiger partial charge in [-0.2, -0.15) is 0 Å². The predicted octanol–water partition coefficient (Wildman–Crippen LogP) is 1.85. The van der Waals surface area contributed by atoms with E-state index in [1.807, 2.05) is 4.90 Å². The summed E-state index contributed by atoms with van der Waals surface area (Å²) in [4.78, 5) is 24.9. The van der Waals surface area contributed by atoms with Crippen molar-refractivity contribution in [2.75, 3.05) is 37.4 Å². The fraction of sp³-hybridized carbons (Fsp3) is 0.278. The number of fused-ring (bicyclic) bond motifs is 1. The summed E-state index contributed by atoms with van der Waals surface area (Å²) in [6.45, 7) is 0.573. The molecule has 0 bridgehead atoms. The zero-order chi connectivity index (χ0) is 20.5. The number of nitrogens with one attached hydrogen (secondary N) is 1. The van der Waals surface area contributed by atoms with Gasteiger partial charge in [0.1, 0.15) is 5.69 Å². The zero-order valence-electron chi connectivity index (χ0n) is 15.5. The molecule has 10 heteroatoms. The number of carbonyl (C=O) groups excluding carboxylic acids is 1. The zero-order valence-corrected chi connectivity index (χ0v) is 16.3. The van der Waals surface area contributed by atoms with Crippen molar-refractivity contribution in [3.63, 3.8) is 0 Å². The van der Waals surface area contributed by atoms with E-state index in [0.29, 0.717) is 13.0 Å². The van der Waals surface area contributed by atoms with Gasteiger partial charge in [0.25, 0.3) is 5.69 Å². The number of benzene rings is 2. The van der Waals surface area contributed by atoms with Crippen molar-refractivity contribution in [3.05, 3.63) is 58.1 Å². The maximum Gasteiger partial charge on any atom is 0.292 e. The lowest BCUT2D eigenvalue weighted by molar-refractivity contribution is -0.383. The Morgan fingerprint density at radius 3 is 2.64 bits per heavy atom. The third-order valence-corrected chi connectivity index (χ3v) is 6.34. The topological polar surface area (TPSA) is 113 Å². The second-order valence-electron chi connectivity index (χ2n) is 6.57. The highest BCUT2D eigenvalue weighted by molar-refractivity contribution is 7.89. The standard InChI is InChI=1S/C18H20N4O5S/c1-20(2)28(26,27)14-7-8-16-13(11-14)9-10-21(16)12-18(23)19-15-5-3-4-6-17(15)22(24)25/h3-8,11H,9-10,12H2,1-2H3,(H,19,23). The number of hydrogen-bond acceptors (Lipinski definition) is 6. The first kappa shape index (κ1) is 19.8. The molecule has 0 fully saturated rings. The maximum absolute atomic E-state index is 12.4. The highest BCUT2D eigenvalue weighted by Crippen LogP contribution is 2.31. The van der Waals surface area contributed by atoms with Gasteiger partial charge in [0.15, 0.2) is 0 Å². The molecular formula is C18H20N4O5S. The first-order chi connectivity index (χ1) is 13.2. The molecule has 1 aliphatic rings. The monoisotopic (exact) mass is 404 g/mol. The number of nitrogens with zero attached hydrogens (tertiary/aromatic N) is 3. The Hall–Kier alpha value is -2.98. The number of nitro benzene ring substituents is 1. The van der Waals surface area contributed by atoms with Gasteiger partial charge in [0, 0.05) is 32.4 Å². The number of para-hydroxylation sites is 2. The molecule has 1 N–H and O–H groups in total. The van der Waals surface area contributed by atoms with Crippen LogP contribution in [0.4, 0.5) is 17.1 Å². The third-order valence-electron chi connectivity index (χ3n) is 4.53. The van der Waals surface area contributed by atoms with Crippen LogP contribution in [0.15, 0.2) is 47.4 Å². The lowest BCUT2D eigenvalue weighted by Crippen LogP contribution is -2.32. The summed E-state index contributed by atoms with van der Waals surface area (Å²) in [7, 11) is -0.573. The SMILES string of the molecule is CN(C)S(=O)(=O)c1ccc2c(c1)CCN2CC(=O)Nc1ccccc1[N+](=O)[O-]. The number of carbonyl (C=O) groups is 1. The van der Waals surface area contributed by atoms with Gasteiger partial charge in [-0.25, -0.2) is 12.7 Å². The highest BCUT2D eigenvalue weighted by Gasteiger charge is 2.25. The van der Waals surface area contributed by atoms with Gasteiger partial charge in [-0.05, 0) is 36.2 Å². The van der Waals surface area contributed by atoms with E-state index in [1.165, 1.54) is 38.4 Å². The van der Waals surface area contributed by atoms with Gasteiger partial charge in [0.2, 0.25) is 15.9 Å². The summed E-state index contributed by atoms with van der Waals surface area (Å²) in [5, 5.41) is 13.6. The van der Waals surface area contributed by atoms with Gasteiger partial charge in [-0.1, -0.05) is 12.1 Å². The Morgan fingerprint density at radius 1 is 1.25 bits per heavy atom. The van der Waals surface area contributed by atoms with E-state index in [2.05, 4.69) is 5.32 Å². The van der Waals surface area contributed by atoms with Crippen molar-refractivity contribution < 1.29 is 18.1 Å². The molecule has 0 unspecified atom stereocenters. The summed E-state index contributed by atoms with van der Waals surface area (Å²) < 4.78 is 25.7. The molecule has 28 heavy (non-hydrogen) atoms. The normalized spacial score (nSPS) is 13.5. The largest absolute Gasteiger partial charge is 0.362 e. The Bertz CT molecular complexity index is 1040. The van der Waals surface area contributed by atoms with Crippen LogP contribution in [0.3, 0.4) is 0 Å². The molecule has 0 spiro atoms. The molecule has 148 valence electrons. The van der Waals surface area contributed by atoms with E-state index in [9.17, 15) is 23.3 Å². The minimum absolute atomic E-state index is 0.0127. The van der Waals surface area contributed by atoms with Gasteiger partial charge in [-0.15, -0.1) is 0 Å². The van der Waals surface area contributed by atoms with Crippen LogP contribution in [-0.4, -0.2) is 50.7 Å². The second-order valence-corrected chi connectivity index (χ2v) is 8.72. The van der Waals surface area contributed by atoms with E-state index >= 15 is 0 Å². The van der Waals surface area contributed by atoms with E-state index < -0.39 is 14.9 Å². The van der Waals surface area contributed by atoms with Crippen LogP contribution >= 0.6 is 0 Å². The molecule has 1 aliphatic heterocycles.